The monoisotopic (exact) mass is 290 g/mol. The number of fused-ring (bicyclic) bond motifs is 1. The van der Waals surface area contributed by atoms with Crippen molar-refractivity contribution in [3.05, 3.63) is 41.4 Å². The van der Waals surface area contributed by atoms with Crippen molar-refractivity contribution in [2.24, 2.45) is 0 Å². The Balaban J connectivity index is 1.88. The van der Waals surface area contributed by atoms with Crippen LogP contribution in [0.25, 0.3) is 0 Å². The molecule has 20 heavy (non-hydrogen) atoms. The Hall–Kier alpha value is -2.07. The van der Waals surface area contributed by atoms with Crippen molar-refractivity contribution in [3.8, 4) is 11.5 Å². The Labute approximate surface area is 122 Å². The maximum atomic E-state index is 6.01. The van der Waals surface area contributed by atoms with Crippen molar-refractivity contribution in [1.82, 2.24) is 0 Å². The molecule has 0 spiro atoms. The lowest BCUT2D eigenvalue weighted by Crippen LogP contribution is -1.98. The van der Waals surface area contributed by atoms with Crippen molar-refractivity contribution in [1.29, 1.82) is 0 Å². The third kappa shape index (κ3) is 2.60. The molecule has 2 aromatic carbocycles. The van der Waals surface area contributed by atoms with Crippen molar-refractivity contribution >= 4 is 28.7 Å². The molecule has 0 amide bonds. The molecule has 5 heteroatoms. The molecule has 0 bridgehead atoms. The van der Waals surface area contributed by atoms with Crippen LogP contribution in [0.3, 0.4) is 0 Å². The van der Waals surface area contributed by atoms with Crippen molar-refractivity contribution in [2.45, 2.75) is 6.42 Å². The van der Waals surface area contributed by atoms with E-state index in [1.807, 2.05) is 30.3 Å². The van der Waals surface area contributed by atoms with E-state index in [-0.39, 0.29) is 0 Å². The van der Waals surface area contributed by atoms with Gasteiger partial charge in [-0.25, -0.2) is 0 Å². The minimum absolute atomic E-state index is 0.529. The third-order valence-electron chi connectivity index (χ3n) is 3.08. The van der Waals surface area contributed by atoms with Gasteiger partial charge in [-0.2, -0.15) is 0 Å². The SMILES string of the molecule is Nc1c(Cl)cccc1Nc1ccc2c(c1)OCCCO2. The Morgan fingerprint density at radius 2 is 1.85 bits per heavy atom. The predicted molar refractivity (Wildman–Crippen MR) is 81.2 cm³/mol. The third-order valence-corrected chi connectivity index (χ3v) is 3.41. The molecule has 0 aromatic heterocycles. The van der Waals surface area contributed by atoms with Gasteiger partial charge >= 0.3 is 0 Å². The minimum atomic E-state index is 0.529. The molecule has 104 valence electrons. The Bertz CT molecular complexity index is 631. The summed E-state index contributed by atoms with van der Waals surface area (Å²) < 4.78 is 11.3. The Morgan fingerprint density at radius 1 is 1.05 bits per heavy atom. The quantitative estimate of drug-likeness (QED) is 0.826. The van der Waals surface area contributed by atoms with Crippen molar-refractivity contribution in [2.75, 3.05) is 24.3 Å². The Morgan fingerprint density at radius 3 is 2.70 bits per heavy atom. The summed E-state index contributed by atoms with van der Waals surface area (Å²) in [6, 6.07) is 11.2. The second-order valence-electron chi connectivity index (χ2n) is 4.54. The molecule has 0 aliphatic carbocycles. The average molecular weight is 291 g/mol. The van der Waals surface area contributed by atoms with Gasteiger partial charge in [-0.1, -0.05) is 17.7 Å². The van der Waals surface area contributed by atoms with Crippen LogP contribution in [0.4, 0.5) is 17.1 Å². The zero-order valence-electron chi connectivity index (χ0n) is 10.9. The zero-order valence-corrected chi connectivity index (χ0v) is 11.6. The molecule has 0 fully saturated rings. The smallest absolute Gasteiger partial charge is 0.163 e. The summed E-state index contributed by atoms with van der Waals surface area (Å²) in [5.74, 6) is 1.51. The van der Waals surface area contributed by atoms with Crippen LogP contribution >= 0.6 is 11.6 Å². The molecule has 0 atom stereocenters. The molecule has 3 rings (SSSR count). The summed E-state index contributed by atoms with van der Waals surface area (Å²) in [6.07, 6.45) is 0.888. The number of anilines is 3. The highest BCUT2D eigenvalue weighted by Gasteiger charge is 2.11. The number of halogens is 1. The van der Waals surface area contributed by atoms with Crippen LogP contribution in [0.15, 0.2) is 36.4 Å². The molecule has 2 aromatic rings. The molecular formula is C15H15ClN2O2. The second kappa shape index (κ2) is 5.51. The maximum Gasteiger partial charge on any atom is 0.163 e. The van der Waals surface area contributed by atoms with Crippen molar-refractivity contribution < 1.29 is 9.47 Å². The van der Waals surface area contributed by atoms with Gasteiger partial charge in [0.1, 0.15) is 0 Å². The number of nitrogens with one attached hydrogen (secondary N) is 1. The Kier molecular flexibility index (Phi) is 3.56. The molecule has 0 radical (unpaired) electrons. The van der Waals surface area contributed by atoms with Crippen LogP contribution in [0, 0.1) is 0 Å². The molecule has 0 saturated heterocycles. The molecule has 1 heterocycles. The van der Waals surface area contributed by atoms with Crippen LogP contribution in [0.5, 0.6) is 11.5 Å². The van der Waals surface area contributed by atoms with Crippen LogP contribution in [0.2, 0.25) is 5.02 Å². The molecule has 4 nitrogen and oxygen atoms in total. The van der Waals surface area contributed by atoms with Gasteiger partial charge in [-0.15, -0.1) is 0 Å². The van der Waals surface area contributed by atoms with Crippen molar-refractivity contribution in [3.63, 3.8) is 0 Å². The minimum Gasteiger partial charge on any atom is -0.490 e. The molecular weight excluding hydrogens is 276 g/mol. The summed E-state index contributed by atoms with van der Waals surface area (Å²) in [5.41, 5.74) is 8.12. The lowest BCUT2D eigenvalue weighted by atomic mass is 10.2. The topological polar surface area (TPSA) is 56.5 Å². The van der Waals surface area contributed by atoms with Gasteiger partial charge in [0.25, 0.3) is 0 Å². The fourth-order valence-electron chi connectivity index (χ4n) is 2.04. The van der Waals surface area contributed by atoms with Gasteiger partial charge in [0.05, 0.1) is 29.6 Å². The predicted octanol–water partition coefficient (Wildman–Crippen LogP) is 3.83. The summed E-state index contributed by atoms with van der Waals surface area (Å²) in [6.45, 7) is 1.34. The molecule has 0 unspecified atom stereocenters. The van der Waals surface area contributed by atoms with E-state index in [9.17, 15) is 0 Å². The standard InChI is InChI=1S/C15H15ClN2O2/c16-11-3-1-4-12(15(11)17)18-10-5-6-13-14(9-10)20-8-2-7-19-13/h1,3-6,9,18H,2,7-8,17H2. The van der Waals surface area contributed by atoms with Crippen LogP contribution in [-0.4, -0.2) is 13.2 Å². The summed E-state index contributed by atoms with van der Waals surface area (Å²) in [7, 11) is 0. The number of hydrogen-bond donors (Lipinski definition) is 2. The fourth-order valence-corrected chi connectivity index (χ4v) is 2.22. The van der Waals surface area contributed by atoms with E-state index in [0.29, 0.717) is 23.9 Å². The number of para-hydroxylation sites is 1. The largest absolute Gasteiger partial charge is 0.490 e. The summed E-state index contributed by atoms with van der Waals surface area (Å²) >= 11 is 6.01. The number of hydrogen-bond acceptors (Lipinski definition) is 4. The van der Waals surface area contributed by atoms with E-state index in [0.717, 1.165) is 29.3 Å². The van der Waals surface area contributed by atoms with Gasteiger partial charge < -0.3 is 20.5 Å². The van der Waals surface area contributed by atoms with E-state index >= 15 is 0 Å². The molecule has 1 aliphatic rings. The van der Waals surface area contributed by atoms with Gasteiger partial charge in [0, 0.05) is 18.2 Å². The highest BCUT2D eigenvalue weighted by molar-refractivity contribution is 6.33. The summed E-state index contributed by atoms with van der Waals surface area (Å²) in [5, 5.41) is 3.77. The van der Waals surface area contributed by atoms with Crippen LogP contribution in [-0.2, 0) is 0 Å². The van der Waals surface area contributed by atoms with Crippen LogP contribution in [0.1, 0.15) is 6.42 Å². The molecule has 3 N–H and O–H groups in total. The van der Waals surface area contributed by atoms with E-state index in [2.05, 4.69) is 5.32 Å². The lowest BCUT2D eigenvalue weighted by Gasteiger charge is -2.13. The number of benzene rings is 2. The first kappa shape index (κ1) is 12.9. The van der Waals surface area contributed by atoms with Crippen LogP contribution < -0.4 is 20.5 Å². The first-order chi connectivity index (χ1) is 9.74. The highest BCUT2D eigenvalue weighted by Crippen LogP contribution is 2.35. The average Bonchev–Trinajstić information content (AvgIpc) is 2.69. The number of ether oxygens (including phenoxy) is 2. The zero-order chi connectivity index (χ0) is 13.9. The maximum absolute atomic E-state index is 6.01. The number of nitrogens with two attached hydrogens (primary N) is 1. The van der Waals surface area contributed by atoms with E-state index in [1.165, 1.54) is 0 Å². The van der Waals surface area contributed by atoms with E-state index in [1.54, 1.807) is 6.07 Å². The number of rotatable bonds is 2. The molecule has 1 aliphatic heterocycles. The molecule has 0 saturated carbocycles. The van der Waals surface area contributed by atoms with Gasteiger partial charge in [0.15, 0.2) is 11.5 Å². The second-order valence-corrected chi connectivity index (χ2v) is 4.95. The first-order valence-corrected chi connectivity index (χ1v) is 6.82. The van der Waals surface area contributed by atoms with Gasteiger partial charge in [-0.05, 0) is 24.3 Å². The highest BCUT2D eigenvalue weighted by atomic mass is 35.5. The first-order valence-electron chi connectivity index (χ1n) is 6.45. The fraction of sp³-hybridized carbons (Fsp3) is 0.200. The normalized spacial score (nSPS) is 13.7. The summed E-state index contributed by atoms with van der Waals surface area (Å²) in [4.78, 5) is 0. The van der Waals surface area contributed by atoms with E-state index in [4.69, 9.17) is 26.8 Å². The van der Waals surface area contributed by atoms with Gasteiger partial charge in [0.2, 0.25) is 0 Å². The van der Waals surface area contributed by atoms with E-state index < -0.39 is 0 Å². The number of nitrogen functional groups attached to an aromatic ring is 1. The lowest BCUT2D eigenvalue weighted by molar-refractivity contribution is 0.297. The van der Waals surface area contributed by atoms with Gasteiger partial charge in [-0.3, -0.25) is 0 Å².